The first-order valence-corrected chi connectivity index (χ1v) is 5.08. The summed E-state index contributed by atoms with van der Waals surface area (Å²) >= 11 is 0. The molecule has 0 aliphatic rings. The van der Waals surface area contributed by atoms with Gasteiger partial charge in [0.1, 0.15) is 0 Å². The fourth-order valence-electron chi connectivity index (χ4n) is 0.705. The van der Waals surface area contributed by atoms with E-state index >= 15 is 0 Å². The first kappa shape index (κ1) is 9.34. The Morgan fingerprint density at radius 2 is 1.33 bits per heavy atom. The van der Waals surface area contributed by atoms with E-state index in [2.05, 4.69) is 5.14 Å². The van der Waals surface area contributed by atoms with Crippen molar-refractivity contribution in [1.82, 2.24) is 0 Å². The van der Waals surface area contributed by atoms with Crippen molar-refractivity contribution in [2.45, 2.75) is 4.90 Å². The van der Waals surface area contributed by atoms with Gasteiger partial charge in [-0.2, -0.15) is 0 Å². The summed E-state index contributed by atoms with van der Waals surface area (Å²) < 4.78 is 49.6. The van der Waals surface area contributed by atoms with Crippen LogP contribution >= 0.6 is 10.0 Å². The average molecular weight is 201 g/mol. The predicted octanol–water partition coefficient (Wildman–Crippen LogP) is 3.33. The highest BCUT2D eigenvalue weighted by atomic mass is 32.5. The van der Waals surface area contributed by atoms with Gasteiger partial charge >= 0.3 is 0 Å². The van der Waals surface area contributed by atoms with Crippen LogP contribution in [0.15, 0.2) is 35.2 Å². The quantitative estimate of drug-likeness (QED) is 0.693. The maximum Gasteiger partial charge on any atom is 0.233 e. The molecular formula is C6H7F4NS. The maximum atomic E-state index is 12.4. The third-order valence-electron chi connectivity index (χ3n) is 1.24. The molecule has 0 heterocycles. The third-order valence-corrected chi connectivity index (χ3v) is 2.49. The zero-order chi connectivity index (χ0) is 9.52. The van der Waals surface area contributed by atoms with Gasteiger partial charge in [-0.1, -0.05) is 18.2 Å². The molecule has 0 aromatic heterocycles. The minimum absolute atomic E-state index is 0.613. The van der Waals surface area contributed by atoms with E-state index in [0.29, 0.717) is 12.1 Å². The molecule has 12 heavy (non-hydrogen) atoms. The van der Waals surface area contributed by atoms with E-state index in [1.165, 1.54) is 6.07 Å². The van der Waals surface area contributed by atoms with E-state index in [1.807, 2.05) is 0 Å². The standard InChI is InChI=1S/C6H7F4NS/c7-12(8,9,10,11)6-4-2-1-3-5-6/h1-5H,11H2. The van der Waals surface area contributed by atoms with Crippen molar-refractivity contribution in [1.29, 1.82) is 0 Å². The van der Waals surface area contributed by atoms with Gasteiger partial charge in [0, 0.05) is 0 Å². The summed E-state index contributed by atoms with van der Waals surface area (Å²) in [6.45, 7) is 0. The second-order valence-electron chi connectivity index (χ2n) is 2.45. The molecule has 2 N–H and O–H groups in total. The molecule has 70 valence electrons. The molecule has 0 spiro atoms. The van der Waals surface area contributed by atoms with Crippen LogP contribution in [-0.4, -0.2) is 0 Å². The van der Waals surface area contributed by atoms with Gasteiger partial charge in [-0.15, -0.1) is 15.5 Å². The first-order chi connectivity index (χ1) is 5.09. The van der Waals surface area contributed by atoms with E-state index in [0.717, 1.165) is 12.1 Å². The molecule has 1 rings (SSSR count). The minimum Gasteiger partial charge on any atom is -0.217 e. The van der Waals surface area contributed by atoms with Crippen molar-refractivity contribution >= 4 is 10.0 Å². The molecule has 0 unspecified atom stereocenters. The predicted molar refractivity (Wildman–Crippen MR) is 40.9 cm³/mol. The lowest BCUT2D eigenvalue weighted by Gasteiger charge is -2.45. The summed E-state index contributed by atoms with van der Waals surface area (Å²) in [6.07, 6.45) is 0. The second kappa shape index (κ2) is 1.77. The molecule has 0 radical (unpaired) electrons. The summed E-state index contributed by atoms with van der Waals surface area (Å²) in [5, 5.41) is 3.79. The van der Waals surface area contributed by atoms with E-state index in [-0.39, 0.29) is 0 Å². The van der Waals surface area contributed by atoms with Crippen LogP contribution in [0.25, 0.3) is 0 Å². The van der Waals surface area contributed by atoms with Gasteiger partial charge in [-0.05, 0) is 12.1 Å². The summed E-state index contributed by atoms with van der Waals surface area (Å²) in [7, 11) is -8.43. The Hall–Kier alpha value is -0.750. The Bertz CT molecular complexity index is 289. The summed E-state index contributed by atoms with van der Waals surface area (Å²) in [5.74, 6) is 0. The Labute approximate surface area is 66.7 Å². The average Bonchev–Trinajstić information content (AvgIpc) is 1.85. The van der Waals surface area contributed by atoms with Crippen LogP contribution in [0.5, 0.6) is 0 Å². The number of benzene rings is 1. The lowest BCUT2D eigenvalue weighted by atomic mass is 10.4. The first-order valence-electron chi connectivity index (χ1n) is 2.97. The van der Waals surface area contributed by atoms with Gasteiger partial charge in [0.15, 0.2) is 0 Å². The highest BCUT2D eigenvalue weighted by Gasteiger charge is 2.59. The SMILES string of the molecule is NS(F)(F)(F)(F)c1ccccc1. The second-order valence-corrected chi connectivity index (χ2v) is 5.18. The molecule has 6 heteroatoms. The van der Waals surface area contributed by atoms with Gasteiger partial charge in [-0.3, -0.25) is 0 Å². The number of rotatable bonds is 1. The van der Waals surface area contributed by atoms with Crippen LogP contribution in [0, 0.1) is 0 Å². The smallest absolute Gasteiger partial charge is 0.217 e. The van der Waals surface area contributed by atoms with Crippen LogP contribution < -0.4 is 5.14 Å². The van der Waals surface area contributed by atoms with Gasteiger partial charge in [-0.25, -0.2) is 5.14 Å². The van der Waals surface area contributed by atoms with E-state index < -0.39 is 14.9 Å². The molecule has 1 aromatic rings. The van der Waals surface area contributed by atoms with Crippen LogP contribution in [-0.2, 0) is 0 Å². The Morgan fingerprint density at radius 3 is 1.58 bits per heavy atom. The molecule has 0 bridgehead atoms. The fraction of sp³-hybridized carbons (Fsp3) is 0. The number of hydrogen-bond acceptors (Lipinski definition) is 1. The van der Waals surface area contributed by atoms with Crippen molar-refractivity contribution in [2.24, 2.45) is 5.14 Å². The molecule has 0 aliphatic heterocycles. The lowest BCUT2D eigenvalue weighted by molar-refractivity contribution is 0.447. The van der Waals surface area contributed by atoms with Crippen molar-refractivity contribution in [3.63, 3.8) is 0 Å². The molecular weight excluding hydrogens is 194 g/mol. The molecule has 0 fully saturated rings. The van der Waals surface area contributed by atoms with Gasteiger partial charge in [0.2, 0.25) is 10.0 Å². The third kappa shape index (κ3) is 2.12. The molecule has 1 aromatic carbocycles. The Kier molecular flexibility index (Phi) is 1.38. The molecule has 1 nitrogen and oxygen atoms in total. The number of halogens is 4. The van der Waals surface area contributed by atoms with Gasteiger partial charge < -0.3 is 0 Å². The topological polar surface area (TPSA) is 26.0 Å². The van der Waals surface area contributed by atoms with Crippen molar-refractivity contribution in [3.05, 3.63) is 30.3 Å². The van der Waals surface area contributed by atoms with Gasteiger partial charge in [0.05, 0.1) is 4.90 Å². The summed E-state index contributed by atoms with van der Waals surface area (Å²) in [5.41, 5.74) is 0. The van der Waals surface area contributed by atoms with Crippen molar-refractivity contribution in [2.75, 3.05) is 0 Å². The molecule has 0 aliphatic carbocycles. The van der Waals surface area contributed by atoms with Crippen LogP contribution in [0.2, 0.25) is 0 Å². The monoisotopic (exact) mass is 201 g/mol. The van der Waals surface area contributed by atoms with E-state index in [9.17, 15) is 15.5 Å². The largest absolute Gasteiger partial charge is 0.233 e. The van der Waals surface area contributed by atoms with Crippen LogP contribution in [0.3, 0.4) is 0 Å². The fourth-order valence-corrected chi connectivity index (χ4v) is 1.43. The van der Waals surface area contributed by atoms with Gasteiger partial charge in [0.25, 0.3) is 0 Å². The number of nitrogens with two attached hydrogens (primary N) is 1. The lowest BCUT2D eigenvalue weighted by Crippen LogP contribution is -2.24. The van der Waals surface area contributed by atoms with E-state index in [1.54, 1.807) is 0 Å². The summed E-state index contributed by atoms with van der Waals surface area (Å²) in [4.78, 5) is -1.41. The molecule has 0 atom stereocenters. The zero-order valence-electron chi connectivity index (χ0n) is 5.88. The van der Waals surface area contributed by atoms with Crippen molar-refractivity contribution in [3.8, 4) is 0 Å². The minimum atomic E-state index is -8.43. The van der Waals surface area contributed by atoms with Crippen LogP contribution in [0.4, 0.5) is 15.5 Å². The van der Waals surface area contributed by atoms with Crippen LogP contribution in [0.1, 0.15) is 0 Å². The molecule has 0 amide bonds. The Morgan fingerprint density at radius 1 is 0.917 bits per heavy atom. The van der Waals surface area contributed by atoms with E-state index in [4.69, 9.17) is 0 Å². The number of hydrogen-bond donors (Lipinski definition) is 1. The highest BCUT2D eigenvalue weighted by molar-refractivity contribution is 8.48. The Balaban J connectivity index is 3.36. The zero-order valence-corrected chi connectivity index (χ0v) is 6.70. The highest BCUT2D eigenvalue weighted by Crippen LogP contribution is 2.94. The molecule has 0 saturated carbocycles. The maximum absolute atomic E-state index is 12.4. The molecule has 0 saturated heterocycles. The van der Waals surface area contributed by atoms with Crippen molar-refractivity contribution < 1.29 is 15.5 Å². The summed E-state index contributed by atoms with van der Waals surface area (Å²) in [6, 6.07) is 4.75. The normalized spacial score (nSPS) is 18.1.